The second-order valence-electron chi connectivity index (χ2n) is 4.69. The Morgan fingerprint density at radius 2 is 1.86 bits per heavy atom. The molecule has 1 amide bonds. The maximum Gasteiger partial charge on any atom is 0.257 e. The number of halogens is 1. The summed E-state index contributed by atoms with van der Waals surface area (Å²) in [6.07, 6.45) is 0.867. The highest BCUT2D eigenvalue weighted by atomic mass is 35.5. The third-order valence-electron chi connectivity index (χ3n) is 3.24. The van der Waals surface area contributed by atoms with Crippen molar-refractivity contribution in [3.63, 3.8) is 0 Å². The van der Waals surface area contributed by atoms with E-state index in [1.165, 1.54) is 0 Å². The van der Waals surface area contributed by atoms with E-state index in [0.29, 0.717) is 10.6 Å². The number of hydrogen-bond acceptors (Lipinski definition) is 2. The lowest BCUT2D eigenvalue weighted by atomic mass is 10.1. The van der Waals surface area contributed by atoms with Crippen LogP contribution in [0.2, 0.25) is 5.02 Å². The second-order valence-corrected chi connectivity index (χ2v) is 5.12. The van der Waals surface area contributed by atoms with Crippen LogP contribution in [-0.4, -0.2) is 12.5 Å². The third-order valence-corrected chi connectivity index (χ3v) is 3.48. The molecule has 0 saturated heterocycles. The van der Waals surface area contributed by atoms with Crippen LogP contribution in [0.3, 0.4) is 0 Å². The first-order valence-corrected chi connectivity index (χ1v) is 7.46. The van der Waals surface area contributed by atoms with E-state index in [9.17, 15) is 4.79 Å². The van der Waals surface area contributed by atoms with Gasteiger partial charge in [-0.3, -0.25) is 4.79 Å². The summed E-state index contributed by atoms with van der Waals surface area (Å²) in [5.41, 5.74) is 3.29. The molecule has 110 valence electrons. The van der Waals surface area contributed by atoms with Crippen LogP contribution in [0.25, 0.3) is 0 Å². The number of nitrogens with one attached hydrogen (secondary N) is 2. The lowest BCUT2D eigenvalue weighted by Crippen LogP contribution is -2.15. The Balaban J connectivity index is 2.29. The normalized spacial score (nSPS) is 10.2. The molecule has 0 bridgehead atoms. The van der Waals surface area contributed by atoms with Crippen molar-refractivity contribution in [2.45, 2.75) is 20.3 Å². The van der Waals surface area contributed by atoms with Crippen molar-refractivity contribution in [1.29, 1.82) is 0 Å². The van der Waals surface area contributed by atoms with Gasteiger partial charge in [-0.15, -0.1) is 0 Å². The number of para-hydroxylation sites is 1. The highest BCUT2D eigenvalue weighted by Crippen LogP contribution is 2.23. The quantitative estimate of drug-likeness (QED) is 0.848. The number of rotatable bonds is 5. The molecule has 0 atom stereocenters. The van der Waals surface area contributed by atoms with E-state index in [1.807, 2.05) is 37.3 Å². The summed E-state index contributed by atoms with van der Waals surface area (Å²) in [7, 11) is 0. The Kier molecular flexibility index (Phi) is 5.23. The predicted molar refractivity (Wildman–Crippen MR) is 89.4 cm³/mol. The van der Waals surface area contributed by atoms with Crippen LogP contribution in [0.1, 0.15) is 29.8 Å². The molecule has 2 N–H and O–H groups in total. The molecule has 2 aromatic carbocycles. The van der Waals surface area contributed by atoms with Crippen LogP contribution < -0.4 is 10.6 Å². The first kappa shape index (κ1) is 15.4. The number of carbonyl (C=O) groups is 1. The first-order chi connectivity index (χ1) is 10.2. The van der Waals surface area contributed by atoms with Gasteiger partial charge >= 0.3 is 0 Å². The van der Waals surface area contributed by atoms with E-state index in [1.54, 1.807) is 12.1 Å². The van der Waals surface area contributed by atoms with Gasteiger partial charge in [-0.05, 0) is 43.2 Å². The Morgan fingerprint density at radius 3 is 2.57 bits per heavy atom. The van der Waals surface area contributed by atoms with Crippen molar-refractivity contribution in [2.75, 3.05) is 17.2 Å². The maximum absolute atomic E-state index is 12.5. The van der Waals surface area contributed by atoms with E-state index < -0.39 is 0 Å². The van der Waals surface area contributed by atoms with Gasteiger partial charge in [0.1, 0.15) is 0 Å². The van der Waals surface area contributed by atoms with Crippen LogP contribution in [-0.2, 0) is 6.42 Å². The third kappa shape index (κ3) is 3.76. The van der Waals surface area contributed by atoms with E-state index >= 15 is 0 Å². The molecule has 0 aromatic heterocycles. The molecular formula is C17H19ClN2O. The Labute approximate surface area is 130 Å². The summed E-state index contributed by atoms with van der Waals surface area (Å²) in [5.74, 6) is -0.158. The molecule has 2 rings (SSSR count). The molecule has 3 nitrogen and oxygen atoms in total. The molecule has 0 aliphatic carbocycles. The average molecular weight is 303 g/mol. The van der Waals surface area contributed by atoms with E-state index in [-0.39, 0.29) is 5.91 Å². The minimum absolute atomic E-state index is 0.158. The molecule has 0 heterocycles. The van der Waals surface area contributed by atoms with Crippen LogP contribution in [0.4, 0.5) is 11.4 Å². The fraction of sp³-hybridized carbons (Fsp3) is 0.235. The predicted octanol–water partition coefficient (Wildman–Crippen LogP) is 4.59. The van der Waals surface area contributed by atoms with Crippen LogP contribution in [0, 0.1) is 0 Å². The van der Waals surface area contributed by atoms with E-state index in [2.05, 4.69) is 17.6 Å². The van der Waals surface area contributed by atoms with Crippen LogP contribution in [0.15, 0.2) is 42.5 Å². The van der Waals surface area contributed by atoms with Crippen molar-refractivity contribution in [3.8, 4) is 0 Å². The van der Waals surface area contributed by atoms with Gasteiger partial charge in [0.15, 0.2) is 0 Å². The largest absolute Gasteiger partial charge is 0.385 e. The summed E-state index contributed by atoms with van der Waals surface area (Å²) in [6, 6.07) is 13.1. The highest BCUT2D eigenvalue weighted by Gasteiger charge is 2.13. The zero-order valence-corrected chi connectivity index (χ0v) is 13.0. The molecule has 0 aliphatic heterocycles. The van der Waals surface area contributed by atoms with Crippen molar-refractivity contribution in [3.05, 3.63) is 58.6 Å². The Bertz CT molecular complexity index is 640. The fourth-order valence-electron chi connectivity index (χ4n) is 2.19. The minimum Gasteiger partial charge on any atom is -0.385 e. The first-order valence-electron chi connectivity index (χ1n) is 7.08. The van der Waals surface area contributed by atoms with Crippen molar-refractivity contribution in [1.82, 2.24) is 0 Å². The standard InChI is InChI=1S/C17H19ClN2O/c1-3-12-7-5-6-8-15(12)20-17(21)14-11-13(18)9-10-16(14)19-4-2/h5-11,19H,3-4H2,1-2H3,(H,20,21). The number of benzene rings is 2. The zero-order valence-electron chi connectivity index (χ0n) is 12.2. The van der Waals surface area contributed by atoms with Gasteiger partial charge in [-0.2, -0.15) is 0 Å². The fourth-order valence-corrected chi connectivity index (χ4v) is 2.36. The summed E-state index contributed by atoms with van der Waals surface area (Å²) >= 11 is 6.01. The van der Waals surface area contributed by atoms with Crippen LogP contribution in [0.5, 0.6) is 0 Å². The lowest BCUT2D eigenvalue weighted by Gasteiger charge is -2.13. The summed E-state index contributed by atoms with van der Waals surface area (Å²) in [6.45, 7) is 4.80. The van der Waals surface area contributed by atoms with Gasteiger partial charge in [-0.1, -0.05) is 36.7 Å². The molecule has 0 aliphatic rings. The van der Waals surface area contributed by atoms with Crippen LogP contribution >= 0.6 is 11.6 Å². The summed E-state index contributed by atoms with van der Waals surface area (Å²) < 4.78 is 0. The second kappa shape index (κ2) is 7.14. The SMILES string of the molecule is CCNc1ccc(Cl)cc1C(=O)Nc1ccccc1CC. The zero-order chi connectivity index (χ0) is 15.2. The number of aryl methyl sites for hydroxylation is 1. The van der Waals surface area contributed by atoms with Gasteiger partial charge in [0.2, 0.25) is 0 Å². The van der Waals surface area contributed by atoms with E-state index in [4.69, 9.17) is 11.6 Å². The monoisotopic (exact) mass is 302 g/mol. The maximum atomic E-state index is 12.5. The molecule has 21 heavy (non-hydrogen) atoms. The highest BCUT2D eigenvalue weighted by molar-refractivity contribution is 6.31. The molecule has 4 heteroatoms. The molecule has 0 unspecified atom stereocenters. The van der Waals surface area contributed by atoms with Crippen molar-refractivity contribution in [2.24, 2.45) is 0 Å². The van der Waals surface area contributed by atoms with Gasteiger partial charge < -0.3 is 10.6 Å². The van der Waals surface area contributed by atoms with Gasteiger partial charge in [-0.25, -0.2) is 0 Å². The number of hydrogen-bond donors (Lipinski definition) is 2. The molecule has 0 fully saturated rings. The molecule has 0 radical (unpaired) electrons. The average Bonchev–Trinajstić information content (AvgIpc) is 2.49. The number of amides is 1. The minimum atomic E-state index is -0.158. The van der Waals surface area contributed by atoms with Gasteiger partial charge in [0.25, 0.3) is 5.91 Å². The molecule has 2 aromatic rings. The summed E-state index contributed by atoms with van der Waals surface area (Å²) in [5, 5.41) is 6.69. The van der Waals surface area contributed by atoms with Gasteiger partial charge in [0.05, 0.1) is 5.56 Å². The number of anilines is 2. The molecule has 0 saturated carbocycles. The molecular weight excluding hydrogens is 284 g/mol. The lowest BCUT2D eigenvalue weighted by molar-refractivity contribution is 0.102. The van der Waals surface area contributed by atoms with Crippen molar-refractivity contribution < 1.29 is 4.79 Å². The topological polar surface area (TPSA) is 41.1 Å². The number of carbonyl (C=O) groups excluding carboxylic acids is 1. The Morgan fingerprint density at radius 1 is 1.10 bits per heavy atom. The van der Waals surface area contributed by atoms with Gasteiger partial charge in [0, 0.05) is 22.9 Å². The summed E-state index contributed by atoms with van der Waals surface area (Å²) in [4.78, 5) is 12.5. The Hall–Kier alpha value is -2.00. The van der Waals surface area contributed by atoms with Crippen molar-refractivity contribution >= 4 is 28.9 Å². The smallest absolute Gasteiger partial charge is 0.257 e. The van der Waals surface area contributed by atoms with E-state index in [0.717, 1.165) is 29.9 Å². The molecule has 0 spiro atoms.